The van der Waals surface area contributed by atoms with Crippen LogP contribution in [-0.4, -0.2) is 75.6 Å². The molecule has 3 aliphatic heterocycles. The number of halogens is 4. The highest BCUT2D eigenvalue weighted by molar-refractivity contribution is 6.33. The molecule has 2 aromatic heterocycles. The van der Waals surface area contributed by atoms with E-state index in [0.29, 0.717) is 53.7 Å². The molecule has 1 unspecified atom stereocenters. The van der Waals surface area contributed by atoms with Gasteiger partial charge in [0.2, 0.25) is 5.95 Å². The molecule has 0 amide bonds. The van der Waals surface area contributed by atoms with E-state index in [1.807, 2.05) is 6.92 Å². The van der Waals surface area contributed by atoms with Crippen molar-refractivity contribution in [2.45, 2.75) is 43.8 Å². The van der Waals surface area contributed by atoms with Crippen LogP contribution in [0.4, 0.5) is 26.2 Å². The molecule has 2 aromatic rings. The highest BCUT2D eigenvalue weighted by atomic mass is 35.5. The number of nitrogens with one attached hydrogen (secondary N) is 2. The van der Waals surface area contributed by atoms with Crippen LogP contribution in [0.1, 0.15) is 25.8 Å². The number of hydrogen-bond acceptors (Lipinski definition) is 8. The van der Waals surface area contributed by atoms with E-state index < -0.39 is 12.0 Å². The number of anilines is 3. The van der Waals surface area contributed by atoms with Crippen molar-refractivity contribution in [3.63, 3.8) is 0 Å². The molecule has 0 radical (unpaired) electrons. The maximum absolute atomic E-state index is 14.3. The minimum absolute atomic E-state index is 0.0240. The van der Waals surface area contributed by atoms with Crippen LogP contribution >= 0.6 is 23.2 Å². The predicted molar refractivity (Wildman–Crippen MR) is 116 cm³/mol. The molecule has 0 aromatic carbocycles. The summed E-state index contributed by atoms with van der Waals surface area (Å²) >= 11 is 12.8. The lowest BCUT2D eigenvalue weighted by Crippen LogP contribution is -2.61. The molecule has 32 heavy (non-hydrogen) atoms. The fraction of sp³-hybridized carbons (Fsp3) is 0.632. The summed E-state index contributed by atoms with van der Waals surface area (Å²) < 4.78 is 41.3. The van der Waals surface area contributed by atoms with Crippen LogP contribution in [0.2, 0.25) is 10.2 Å². The molecular formula is C19H23Cl2F2N7O2. The zero-order valence-electron chi connectivity index (χ0n) is 17.3. The second-order valence-electron chi connectivity index (χ2n) is 8.32. The Labute approximate surface area is 193 Å². The van der Waals surface area contributed by atoms with Crippen LogP contribution in [0, 0.1) is 0 Å². The van der Waals surface area contributed by atoms with Crippen molar-refractivity contribution in [3.05, 3.63) is 16.4 Å². The number of nitrogens with zero attached hydrogens (tertiary/aromatic N) is 5. The Bertz CT molecular complexity index is 1000. The van der Waals surface area contributed by atoms with Gasteiger partial charge in [-0.2, -0.15) is 4.98 Å². The molecule has 5 rings (SSSR count). The topological polar surface area (TPSA) is 89.4 Å². The molecule has 9 nitrogen and oxygen atoms in total. The highest BCUT2D eigenvalue weighted by Crippen LogP contribution is 2.41. The Balaban J connectivity index is 1.38. The molecule has 3 aliphatic rings. The average Bonchev–Trinajstić information content (AvgIpc) is 2.98. The number of hydrogen-bond donors (Lipinski definition) is 2. The van der Waals surface area contributed by atoms with E-state index in [2.05, 4.69) is 25.7 Å². The first-order chi connectivity index (χ1) is 15.3. The molecule has 5 heterocycles. The number of likely N-dealkylation sites (tertiary alicyclic amines) is 1. The highest BCUT2D eigenvalue weighted by Gasteiger charge is 2.49. The van der Waals surface area contributed by atoms with Crippen molar-refractivity contribution in [2.75, 3.05) is 43.5 Å². The van der Waals surface area contributed by atoms with Crippen LogP contribution < -0.4 is 15.4 Å². The van der Waals surface area contributed by atoms with E-state index in [1.54, 1.807) is 9.58 Å². The maximum atomic E-state index is 14.3. The summed E-state index contributed by atoms with van der Waals surface area (Å²) in [6.45, 7) is 3.28. The number of ether oxygens (including phenoxy) is 2. The zero-order chi connectivity index (χ0) is 22.5. The number of fused-ring (bicyclic) bond motifs is 3. The Morgan fingerprint density at radius 2 is 2.06 bits per heavy atom. The summed E-state index contributed by atoms with van der Waals surface area (Å²) in [5.74, 6) is -1.66. The van der Waals surface area contributed by atoms with E-state index in [1.165, 1.54) is 6.20 Å². The molecule has 0 saturated carbocycles. The first-order valence-electron chi connectivity index (χ1n) is 10.5. The second kappa shape index (κ2) is 8.44. The quantitative estimate of drug-likeness (QED) is 0.661. The van der Waals surface area contributed by atoms with Crippen molar-refractivity contribution in [1.82, 2.24) is 24.6 Å². The summed E-state index contributed by atoms with van der Waals surface area (Å²) in [5, 5.41) is 11.5. The normalized spacial score (nSPS) is 26.0. The molecule has 13 heteroatoms. The van der Waals surface area contributed by atoms with Gasteiger partial charge in [0, 0.05) is 32.0 Å². The van der Waals surface area contributed by atoms with Crippen LogP contribution in [0.5, 0.6) is 5.88 Å². The van der Waals surface area contributed by atoms with Crippen molar-refractivity contribution >= 4 is 40.7 Å². The third kappa shape index (κ3) is 4.07. The van der Waals surface area contributed by atoms with E-state index in [0.717, 1.165) is 0 Å². The van der Waals surface area contributed by atoms with Crippen molar-refractivity contribution in [1.29, 1.82) is 0 Å². The van der Waals surface area contributed by atoms with E-state index >= 15 is 0 Å². The van der Waals surface area contributed by atoms with E-state index in [4.69, 9.17) is 32.7 Å². The second-order valence-corrected chi connectivity index (χ2v) is 9.09. The number of rotatable bonds is 2. The third-order valence-electron chi connectivity index (χ3n) is 5.99. The summed E-state index contributed by atoms with van der Waals surface area (Å²) in [5.41, 5.74) is 0.430. The van der Waals surface area contributed by atoms with Gasteiger partial charge in [-0.05, 0) is 6.92 Å². The monoisotopic (exact) mass is 489 g/mol. The lowest BCUT2D eigenvalue weighted by molar-refractivity contribution is -0.173. The maximum Gasteiger partial charge on any atom is 0.267 e. The molecule has 0 aliphatic carbocycles. The summed E-state index contributed by atoms with van der Waals surface area (Å²) in [4.78, 5) is 10.3. The van der Waals surface area contributed by atoms with Gasteiger partial charge in [-0.15, -0.1) is 5.10 Å². The molecule has 2 bridgehead atoms. The molecule has 2 atom stereocenters. The van der Waals surface area contributed by atoms with Crippen LogP contribution in [0.15, 0.2) is 6.20 Å². The molecular weight excluding hydrogens is 467 g/mol. The zero-order valence-corrected chi connectivity index (χ0v) is 18.8. The summed E-state index contributed by atoms with van der Waals surface area (Å²) in [6, 6.07) is -1.04. The van der Waals surface area contributed by atoms with Crippen molar-refractivity contribution < 1.29 is 18.3 Å². The van der Waals surface area contributed by atoms with E-state index in [9.17, 15) is 8.78 Å². The molecule has 2 N–H and O–H groups in total. The largest absolute Gasteiger partial charge is 0.475 e. The van der Waals surface area contributed by atoms with Gasteiger partial charge in [0.05, 0.1) is 38.1 Å². The summed E-state index contributed by atoms with van der Waals surface area (Å²) in [7, 11) is 0. The van der Waals surface area contributed by atoms with Gasteiger partial charge in [0.15, 0.2) is 11.0 Å². The number of alkyl halides is 2. The lowest BCUT2D eigenvalue weighted by Gasteiger charge is -2.47. The van der Waals surface area contributed by atoms with Gasteiger partial charge in [-0.25, -0.2) is 18.4 Å². The van der Waals surface area contributed by atoms with Crippen LogP contribution in [0.3, 0.4) is 0 Å². The fourth-order valence-electron chi connectivity index (χ4n) is 4.08. The Morgan fingerprint density at radius 3 is 2.84 bits per heavy atom. The number of aromatic nitrogens is 4. The van der Waals surface area contributed by atoms with Gasteiger partial charge in [-0.1, -0.05) is 23.2 Å². The smallest absolute Gasteiger partial charge is 0.267 e. The van der Waals surface area contributed by atoms with Gasteiger partial charge >= 0.3 is 0 Å². The molecule has 174 valence electrons. The summed E-state index contributed by atoms with van der Waals surface area (Å²) in [6.07, 6.45) is 1.91. The minimum Gasteiger partial charge on any atom is -0.475 e. The Kier molecular flexibility index (Phi) is 5.77. The lowest BCUT2D eigenvalue weighted by atomic mass is 9.98. The first kappa shape index (κ1) is 21.9. The minimum atomic E-state index is -2.76. The van der Waals surface area contributed by atoms with Crippen LogP contribution in [-0.2, 0) is 4.74 Å². The SMILES string of the molecule is C[C@@H]1CCOc2nn(C3CN(C4COCCC4(F)F)C3)c(Cl)c2Nc2ncc(Cl)c(n2)N1. The van der Waals surface area contributed by atoms with Crippen molar-refractivity contribution in [2.24, 2.45) is 0 Å². The van der Waals surface area contributed by atoms with Crippen LogP contribution in [0.25, 0.3) is 0 Å². The Morgan fingerprint density at radius 1 is 1.25 bits per heavy atom. The molecule has 0 spiro atoms. The van der Waals surface area contributed by atoms with E-state index in [-0.39, 0.29) is 37.7 Å². The Hall–Kier alpha value is -1.95. The third-order valence-corrected chi connectivity index (χ3v) is 6.63. The van der Waals surface area contributed by atoms with Gasteiger partial charge in [-0.3, -0.25) is 4.90 Å². The molecule has 2 saturated heterocycles. The first-order valence-corrected chi connectivity index (χ1v) is 11.2. The average molecular weight is 490 g/mol. The van der Waals surface area contributed by atoms with Gasteiger partial charge in [0.25, 0.3) is 11.8 Å². The molecule has 2 fully saturated rings. The standard InChI is InChI=1S/C19H23Cl2F2N7O2/c1-10-2-4-32-17-14(26-18-24-6-12(20)16(25-10)27-18)15(21)30(28-17)11-7-29(8-11)13-9-31-5-3-19(13,22)23/h6,10-11,13H,2-5,7-9H2,1H3,(H2,24,25,26,27)/t10-,13?/m1/s1. The van der Waals surface area contributed by atoms with Gasteiger partial charge in [0.1, 0.15) is 10.7 Å². The fourth-order valence-corrected chi connectivity index (χ4v) is 4.53. The predicted octanol–water partition coefficient (Wildman–Crippen LogP) is 3.59. The van der Waals surface area contributed by atoms with Gasteiger partial charge < -0.3 is 20.1 Å². The van der Waals surface area contributed by atoms with Crippen molar-refractivity contribution in [3.8, 4) is 5.88 Å².